The van der Waals surface area contributed by atoms with Crippen LogP contribution < -0.4 is 15.5 Å². The zero-order valence-corrected chi connectivity index (χ0v) is 15.1. The predicted octanol–water partition coefficient (Wildman–Crippen LogP) is 3.65. The van der Waals surface area contributed by atoms with Crippen molar-refractivity contribution in [3.05, 3.63) is 76.5 Å². The number of hydrogen-bond donors (Lipinski definition) is 1. The van der Waals surface area contributed by atoms with E-state index in [2.05, 4.69) is 5.32 Å². The summed E-state index contributed by atoms with van der Waals surface area (Å²) in [4.78, 5) is 25.0. The molecule has 7 nitrogen and oxygen atoms in total. The molecule has 0 aliphatic heterocycles. The number of carbonyl (C=O) groups excluding carboxylic acids is 1. The Labute approximate surface area is 159 Å². The molecule has 28 heavy (non-hydrogen) atoms. The lowest BCUT2D eigenvalue weighted by molar-refractivity contribution is -0.123. The van der Waals surface area contributed by atoms with Crippen LogP contribution >= 0.6 is 0 Å². The number of amides is 1. The average molecular weight is 379 g/mol. The summed E-state index contributed by atoms with van der Waals surface area (Å²) in [6.45, 7) is 1.78. The third-order valence-corrected chi connectivity index (χ3v) is 4.14. The molecule has 0 saturated carbocycles. The first-order valence-corrected chi connectivity index (χ1v) is 8.65. The summed E-state index contributed by atoms with van der Waals surface area (Å²) >= 11 is 0. The van der Waals surface area contributed by atoms with Crippen LogP contribution in [0.3, 0.4) is 0 Å². The fourth-order valence-electron chi connectivity index (χ4n) is 2.77. The maximum Gasteiger partial charge on any atom is 0.258 e. The number of furan rings is 2. The van der Waals surface area contributed by atoms with Crippen LogP contribution in [0.4, 0.5) is 0 Å². The van der Waals surface area contributed by atoms with Gasteiger partial charge in [-0.1, -0.05) is 6.07 Å². The first kappa shape index (κ1) is 17.7. The Hall–Kier alpha value is -3.74. The molecule has 1 aromatic carbocycles. The van der Waals surface area contributed by atoms with E-state index in [1.54, 1.807) is 36.4 Å². The second-order valence-corrected chi connectivity index (χ2v) is 6.21. The molecule has 3 aromatic heterocycles. The molecule has 0 atom stereocenters. The molecule has 1 N–H and O–H groups in total. The number of carbonyl (C=O) groups is 1. The second kappa shape index (κ2) is 7.48. The average Bonchev–Trinajstić information content (AvgIpc) is 3.39. The van der Waals surface area contributed by atoms with Crippen LogP contribution in [0.1, 0.15) is 11.3 Å². The van der Waals surface area contributed by atoms with Gasteiger partial charge in [0.05, 0.1) is 24.5 Å². The number of fused-ring (bicyclic) bond motifs is 1. The van der Waals surface area contributed by atoms with Crippen molar-refractivity contribution in [1.29, 1.82) is 0 Å². The molecule has 0 radical (unpaired) electrons. The Balaban J connectivity index is 1.62. The van der Waals surface area contributed by atoms with Crippen molar-refractivity contribution >= 4 is 16.9 Å². The lowest BCUT2D eigenvalue weighted by atomic mass is 10.1. The minimum absolute atomic E-state index is 0.0700. The van der Waals surface area contributed by atoms with Crippen LogP contribution in [0.2, 0.25) is 0 Å². The summed E-state index contributed by atoms with van der Waals surface area (Å²) in [6, 6.07) is 12.1. The van der Waals surface area contributed by atoms with E-state index < -0.39 is 5.91 Å². The van der Waals surface area contributed by atoms with Gasteiger partial charge < -0.3 is 23.3 Å². The molecular formula is C21H17NO6. The summed E-state index contributed by atoms with van der Waals surface area (Å²) in [6.07, 6.45) is 2.99. The molecule has 0 unspecified atom stereocenters. The Morgan fingerprint density at radius 1 is 1.11 bits per heavy atom. The molecule has 7 heteroatoms. The zero-order valence-electron chi connectivity index (χ0n) is 15.1. The Morgan fingerprint density at radius 3 is 2.68 bits per heavy atom. The largest absolute Gasteiger partial charge is 0.476 e. The van der Waals surface area contributed by atoms with E-state index in [1.807, 2.05) is 13.0 Å². The lowest BCUT2D eigenvalue weighted by Gasteiger charge is -2.10. The fraction of sp³-hybridized carbons (Fsp3) is 0.143. The van der Waals surface area contributed by atoms with Crippen LogP contribution in [0.5, 0.6) is 5.75 Å². The van der Waals surface area contributed by atoms with Gasteiger partial charge >= 0.3 is 0 Å². The smallest absolute Gasteiger partial charge is 0.258 e. The van der Waals surface area contributed by atoms with Crippen molar-refractivity contribution in [3.63, 3.8) is 0 Å². The van der Waals surface area contributed by atoms with E-state index in [0.717, 1.165) is 5.56 Å². The monoisotopic (exact) mass is 379 g/mol. The molecule has 0 fully saturated rings. The second-order valence-electron chi connectivity index (χ2n) is 6.21. The molecular weight excluding hydrogens is 362 g/mol. The van der Waals surface area contributed by atoms with Crippen molar-refractivity contribution in [2.45, 2.75) is 13.5 Å². The Kier molecular flexibility index (Phi) is 4.72. The maximum absolute atomic E-state index is 12.9. The van der Waals surface area contributed by atoms with E-state index in [0.29, 0.717) is 22.5 Å². The van der Waals surface area contributed by atoms with Gasteiger partial charge in [0.25, 0.3) is 5.91 Å². The standard InChI is InChI=1S/C21H17NO6/c1-13-6-7-15-17(10-13)28-20(16-5-3-9-26-16)21(19(15)24)27-12-18(23)22-11-14-4-2-8-25-14/h2-10H,11-12H2,1H3,(H,22,23). The number of rotatable bonds is 6. The first-order valence-electron chi connectivity index (χ1n) is 8.65. The molecule has 0 aliphatic rings. The first-order chi connectivity index (χ1) is 13.6. The van der Waals surface area contributed by atoms with Crippen molar-refractivity contribution in [3.8, 4) is 17.3 Å². The van der Waals surface area contributed by atoms with Crippen molar-refractivity contribution < 1.29 is 22.8 Å². The molecule has 4 rings (SSSR count). The van der Waals surface area contributed by atoms with Crippen LogP contribution in [0.25, 0.3) is 22.5 Å². The molecule has 0 saturated heterocycles. The number of ether oxygens (including phenoxy) is 1. The van der Waals surface area contributed by atoms with Gasteiger partial charge in [0.15, 0.2) is 12.4 Å². The zero-order chi connectivity index (χ0) is 19.5. The maximum atomic E-state index is 12.9. The molecule has 0 aliphatic carbocycles. The molecule has 142 valence electrons. The highest BCUT2D eigenvalue weighted by molar-refractivity contribution is 5.82. The van der Waals surface area contributed by atoms with E-state index >= 15 is 0 Å². The van der Waals surface area contributed by atoms with E-state index in [-0.39, 0.29) is 30.1 Å². The van der Waals surface area contributed by atoms with Gasteiger partial charge in [-0.05, 0) is 48.9 Å². The highest BCUT2D eigenvalue weighted by atomic mass is 16.5. The van der Waals surface area contributed by atoms with E-state index in [9.17, 15) is 9.59 Å². The minimum atomic E-state index is -0.398. The van der Waals surface area contributed by atoms with Crippen molar-refractivity contribution in [1.82, 2.24) is 5.32 Å². The highest BCUT2D eigenvalue weighted by Gasteiger charge is 2.20. The molecule has 1 amide bonds. The van der Waals surface area contributed by atoms with Crippen LogP contribution in [0, 0.1) is 6.92 Å². The Bertz CT molecular complexity index is 1160. The van der Waals surface area contributed by atoms with Gasteiger partial charge in [-0.2, -0.15) is 0 Å². The summed E-state index contributed by atoms with van der Waals surface area (Å²) in [7, 11) is 0. The van der Waals surface area contributed by atoms with Gasteiger partial charge in [0.1, 0.15) is 11.3 Å². The van der Waals surface area contributed by atoms with Crippen LogP contribution in [0.15, 0.2) is 73.0 Å². The lowest BCUT2D eigenvalue weighted by Crippen LogP contribution is -2.29. The fourth-order valence-corrected chi connectivity index (χ4v) is 2.77. The van der Waals surface area contributed by atoms with Gasteiger partial charge in [-0.25, -0.2) is 0 Å². The quantitative estimate of drug-likeness (QED) is 0.549. The minimum Gasteiger partial charge on any atom is -0.476 e. The molecule has 4 aromatic rings. The number of benzene rings is 1. The summed E-state index contributed by atoms with van der Waals surface area (Å²) in [5.74, 6) is 0.633. The van der Waals surface area contributed by atoms with Gasteiger partial charge in [0, 0.05) is 0 Å². The van der Waals surface area contributed by atoms with Crippen molar-refractivity contribution in [2.75, 3.05) is 6.61 Å². The molecule has 0 spiro atoms. The van der Waals surface area contributed by atoms with Gasteiger partial charge in [-0.3, -0.25) is 9.59 Å². The summed E-state index contributed by atoms with van der Waals surface area (Å²) in [5, 5.41) is 3.03. The summed E-state index contributed by atoms with van der Waals surface area (Å²) < 4.78 is 22.0. The highest BCUT2D eigenvalue weighted by Crippen LogP contribution is 2.31. The Morgan fingerprint density at radius 2 is 1.93 bits per heavy atom. The molecule has 3 heterocycles. The van der Waals surface area contributed by atoms with E-state index in [1.165, 1.54) is 12.5 Å². The number of aryl methyl sites for hydroxylation is 1. The van der Waals surface area contributed by atoms with Gasteiger partial charge in [-0.15, -0.1) is 0 Å². The molecule has 0 bridgehead atoms. The third kappa shape index (κ3) is 3.55. The van der Waals surface area contributed by atoms with Crippen molar-refractivity contribution in [2.24, 2.45) is 0 Å². The number of hydrogen-bond acceptors (Lipinski definition) is 6. The number of nitrogens with one attached hydrogen (secondary N) is 1. The van der Waals surface area contributed by atoms with E-state index in [4.69, 9.17) is 18.0 Å². The van der Waals surface area contributed by atoms with Crippen LogP contribution in [-0.2, 0) is 11.3 Å². The summed E-state index contributed by atoms with van der Waals surface area (Å²) in [5.41, 5.74) is 1.00. The normalized spacial score (nSPS) is 10.9. The third-order valence-electron chi connectivity index (χ3n) is 4.14. The van der Waals surface area contributed by atoms with Crippen LogP contribution in [-0.4, -0.2) is 12.5 Å². The SMILES string of the molecule is Cc1ccc2c(=O)c(OCC(=O)NCc3ccco3)c(-c3ccco3)oc2c1. The predicted molar refractivity (Wildman–Crippen MR) is 101 cm³/mol. The topological polar surface area (TPSA) is 94.8 Å². The van der Waals surface area contributed by atoms with Gasteiger partial charge in [0.2, 0.25) is 16.9 Å².